The van der Waals surface area contributed by atoms with Gasteiger partial charge in [-0.3, -0.25) is 4.90 Å². The van der Waals surface area contributed by atoms with Crippen molar-refractivity contribution in [3.8, 4) is 11.9 Å². The summed E-state index contributed by atoms with van der Waals surface area (Å²) in [5.41, 5.74) is 5.83. The Labute approximate surface area is 247 Å². The van der Waals surface area contributed by atoms with Crippen LogP contribution >= 0.6 is 0 Å². The Morgan fingerprint density at radius 1 is 1.21 bits per heavy atom. The summed E-state index contributed by atoms with van der Waals surface area (Å²) in [4.78, 5) is 20.0. The molecular weight excluding hydrogens is 561 g/mol. The normalized spacial score (nSPS) is 31.1. The van der Waals surface area contributed by atoms with Gasteiger partial charge in [0.2, 0.25) is 5.88 Å². The van der Waals surface area contributed by atoms with Gasteiger partial charge in [0.1, 0.15) is 41.4 Å². The van der Waals surface area contributed by atoms with Gasteiger partial charge in [-0.25, -0.2) is 13.2 Å². The third-order valence-corrected chi connectivity index (χ3v) is 10.1. The van der Waals surface area contributed by atoms with E-state index in [-0.39, 0.29) is 59.7 Å². The first kappa shape index (κ1) is 27.0. The lowest BCUT2D eigenvalue weighted by Crippen LogP contribution is -2.62. The van der Waals surface area contributed by atoms with Crippen molar-refractivity contribution in [2.24, 2.45) is 0 Å². The lowest BCUT2D eigenvalue weighted by molar-refractivity contribution is 0.107. The molecule has 0 amide bonds. The number of pyridine rings is 1. The van der Waals surface area contributed by atoms with Crippen molar-refractivity contribution in [2.45, 2.75) is 75.0 Å². The molecule has 0 saturated carbocycles. The van der Waals surface area contributed by atoms with E-state index < -0.39 is 23.3 Å². The first-order valence-electron chi connectivity index (χ1n) is 15.1. The van der Waals surface area contributed by atoms with Crippen molar-refractivity contribution in [2.75, 3.05) is 48.8 Å². The van der Waals surface area contributed by atoms with E-state index in [9.17, 15) is 8.78 Å². The van der Waals surface area contributed by atoms with Gasteiger partial charge in [-0.1, -0.05) is 0 Å². The molecule has 8 rings (SSSR count). The Hall–Kier alpha value is -3.58. The summed E-state index contributed by atoms with van der Waals surface area (Å²) in [6.45, 7) is 4.14. The van der Waals surface area contributed by atoms with E-state index >= 15 is 4.39 Å². The van der Waals surface area contributed by atoms with Crippen molar-refractivity contribution >= 4 is 33.9 Å². The second-order valence-electron chi connectivity index (χ2n) is 12.8. The number of benzene rings is 1. The van der Waals surface area contributed by atoms with E-state index in [1.807, 2.05) is 6.92 Å². The number of nitrogens with two attached hydrogens (primary N) is 1. The second kappa shape index (κ2) is 9.71. The molecule has 0 unspecified atom stereocenters. The van der Waals surface area contributed by atoms with E-state index in [1.54, 1.807) is 7.05 Å². The minimum atomic E-state index is -0.897. The summed E-state index contributed by atoms with van der Waals surface area (Å²) in [6.07, 6.45) is 3.06. The van der Waals surface area contributed by atoms with Crippen LogP contribution in [0.3, 0.4) is 0 Å². The smallest absolute Gasteiger partial charge is 0.319 e. The lowest BCUT2D eigenvalue weighted by atomic mass is 9.95. The van der Waals surface area contributed by atoms with Gasteiger partial charge < -0.3 is 30.3 Å². The molecule has 13 heteroatoms. The fourth-order valence-corrected chi connectivity index (χ4v) is 8.08. The molecule has 5 aliphatic rings. The number of aromatic nitrogens is 3. The fraction of sp³-hybridized carbons (Fsp3) is 0.567. The number of alkyl halides is 1. The predicted molar refractivity (Wildman–Crippen MR) is 156 cm³/mol. The van der Waals surface area contributed by atoms with Gasteiger partial charge in [0.05, 0.1) is 17.3 Å². The molecule has 7 heterocycles. The van der Waals surface area contributed by atoms with E-state index in [0.29, 0.717) is 36.4 Å². The minimum Gasteiger partial charge on any atom is -0.472 e. The average Bonchev–Trinajstić information content (AvgIpc) is 3.62. The molecule has 5 aliphatic heterocycles. The van der Waals surface area contributed by atoms with Crippen molar-refractivity contribution in [3.05, 3.63) is 29.8 Å². The van der Waals surface area contributed by atoms with Crippen LogP contribution in [0, 0.1) is 11.6 Å². The van der Waals surface area contributed by atoms with E-state index in [2.05, 4.69) is 25.1 Å². The van der Waals surface area contributed by atoms with Gasteiger partial charge in [-0.15, -0.1) is 0 Å². The summed E-state index contributed by atoms with van der Waals surface area (Å²) in [5, 5.41) is 4.09. The topological polar surface area (TPSA) is 105 Å². The zero-order valence-corrected chi connectivity index (χ0v) is 24.2. The number of piperazine rings is 1. The molecule has 43 heavy (non-hydrogen) atoms. The maximum atomic E-state index is 16.6. The number of hydrogen-bond donors (Lipinski definition) is 2. The van der Waals surface area contributed by atoms with Crippen LogP contribution in [0.15, 0.2) is 18.2 Å². The zero-order chi connectivity index (χ0) is 29.6. The largest absolute Gasteiger partial charge is 0.472 e. The Kier molecular flexibility index (Phi) is 6.10. The number of halogens is 3. The van der Waals surface area contributed by atoms with Crippen LogP contribution in [-0.4, -0.2) is 89.1 Å². The van der Waals surface area contributed by atoms with Crippen LogP contribution in [0.1, 0.15) is 39.0 Å². The number of nitrogens with one attached hydrogen (secondary N) is 1. The first-order chi connectivity index (χ1) is 20.7. The fourth-order valence-electron chi connectivity index (χ4n) is 8.08. The molecule has 2 bridgehead atoms. The van der Waals surface area contributed by atoms with Crippen LogP contribution in [-0.2, 0) is 0 Å². The molecule has 4 fully saturated rings. The standard InChI is InChI=1S/C30H35F3N8O2/c1-15-25-21-7-4-17(35-21)13-41(25)26-22-24(36-29(38-26)42-14-30-8-3-9-40(30)12-16(31)11-30)23(33)27(37-28(22)43-15)39(2)18-5-6-19(32)20(34)10-18/h5-6,10,15-17,21,25,35H,3-4,7-9,11-14,34H2,1-2H3/t15-,16+,17+,21-,25+,30-/m0/s1. The van der Waals surface area contributed by atoms with Gasteiger partial charge >= 0.3 is 6.01 Å². The highest BCUT2D eigenvalue weighted by Gasteiger charge is 2.50. The van der Waals surface area contributed by atoms with Gasteiger partial charge in [-0.05, 0) is 57.4 Å². The summed E-state index contributed by atoms with van der Waals surface area (Å²) in [7, 11) is 1.63. The van der Waals surface area contributed by atoms with Crippen molar-refractivity contribution in [3.63, 3.8) is 0 Å². The van der Waals surface area contributed by atoms with Crippen molar-refractivity contribution in [1.29, 1.82) is 0 Å². The number of ether oxygens (including phenoxy) is 2. The monoisotopic (exact) mass is 596 g/mol. The number of nitrogen functional groups attached to an aromatic ring is 1. The Balaban J connectivity index is 1.26. The van der Waals surface area contributed by atoms with Crippen LogP contribution in [0.2, 0.25) is 0 Å². The lowest BCUT2D eigenvalue weighted by Gasteiger charge is -2.42. The van der Waals surface area contributed by atoms with Gasteiger partial charge in [0.25, 0.3) is 0 Å². The third-order valence-electron chi connectivity index (χ3n) is 10.1. The molecule has 228 valence electrons. The molecule has 4 saturated heterocycles. The van der Waals surface area contributed by atoms with Crippen LogP contribution in [0.5, 0.6) is 11.9 Å². The van der Waals surface area contributed by atoms with Crippen molar-refractivity contribution in [1.82, 2.24) is 25.2 Å². The summed E-state index contributed by atoms with van der Waals surface area (Å²) < 4.78 is 57.8. The molecule has 3 N–H and O–H groups in total. The highest BCUT2D eigenvalue weighted by Crippen LogP contribution is 2.45. The van der Waals surface area contributed by atoms with Crippen LogP contribution < -0.4 is 30.3 Å². The Morgan fingerprint density at radius 2 is 2.07 bits per heavy atom. The van der Waals surface area contributed by atoms with Gasteiger partial charge in [0.15, 0.2) is 11.6 Å². The number of fused-ring (bicyclic) bond motifs is 6. The highest BCUT2D eigenvalue weighted by atomic mass is 19.1. The number of anilines is 4. The van der Waals surface area contributed by atoms with Crippen LogP contribution in [0.4, 0.5) is 36.2 Å². The number of hydrogen-bond acceptors (Lipinski definition) is 10. The van der Waals surface area contributed by atoms with E-state index in [1.165, 1.54) is 23.1 Å². The number of rotatable bonds is 5. The molecule has 0 aliphatic carbocycles. The van der Waals surface area contributed by atoms with Gasteiger partial charge in [0, 0.05) is 44.3 Å². The maximum Gasteiger partial charge on any atom is 0.319 e. The molecular formula is C30H35F3N8O2. The Morgan fingerprint density at radius 3 is 2.91 bits per heavy atom. The molecule has 2 aromatic heterocycles. The SMILES string of the molecule is C[C@@H]1Oc2nc(N(C)c3ccc(F)c(N)c3)c(F)c3nc(OC[C@@]45CCCN4C[C@H](F)C5)nc(c23)N2C[C@H]3CC[C@H](N3)[C@@H]12. The minimum absolute atomic E-state index is 0.0243. The van der Waals surface area contributed by atoms with Gasteiger partial charge in [-0.2, -0.15) is 15.0 Å². The molecule has 0 spiro atoms. The molecule has 10 nitrogen and oxygen atoms in total. The summed E-state index contributed by atoms with van der Waals surface area (Å²) in [5.74, 6) is -0.536. The maximum absolute atomic E-state index is 16.6. The highest BCUT2D eigenvalue weighted by molar-refractivity contribution is 5.97. The first-order valence-corrected chi connectivity index (χ1v) is 15.1. The molecule has 0 radical (unpaired) electrons. The zero-order valence-electron chi connectivity index (χ0n) is 24.2. The van der Waals surface area contributed by atoms with E-state index in [0.717, 1.165) is 32.2 Å². The van der Waals surface area contributed by atoms with E-state index in [4.69, 9.17) is 20.2 Å². The Bertz CT molecular complexity index is 1610. The molecule has 3 aromatic rings. The quantitative estimate of drug-likeness (QED) is 0.424. The molecule has 1 aromatic carbocycles. The summed E-state index contributed by atoms with van der Waals surface area (Å²) in [6, 6.07) is 4.60. The van der Waals surface area contributed by atoms with Crippen LogP contribution in [0.25, 0.3) is 10.9 Å². The summed E-state index contributed by atoms with van der Waals surface area (Å²) >= 11 is 0. The second-order valence-corrected chi connectivity index (χ2v) is 12.8. The number of nitrogens with zero attached hydrogens (tertiary/aromatic N) is 6. The average molecular weight is 597 g/mol. The molecule has 6 atom stereocenters. The third kappa shape index (κ3) is 4.18. The predicted octanol–water partition coefficient (Wildman–Crippen LogP) is 3.70. The van der Waals surface area contributed by atoms with Crippen molar-refractivity contribution < 1.29 is 22.6 Å².